The van der Waals surface area contributed by atoms with Crippen LogP contribution in [-0.4, -0.2) is 9.97 Å². The summed E-state index contributed by atoms with van der Waals surface area (Å²) in [4.78, 5) is 19.2. The van der Waals surface area contributed by atoms with Crippen molar-refractivity contribution >= 4 is 23.2 Å². The van der Waals surface area contributed by atoms with E-state index in [-0.39, 0.29) is 11.5 Å². The van der Waals surface area contributed by atoms with Gasteiger partial charge in [0.25, 0.3) is 5.56 Å². The summed E-state index contributed by atoms with van der Waals surface area (Å²) in [7, 11) is 0. The fourth-order valence-corrected chi connectivity index (χ4v) is 2.16. The minimum absolute atomic E-state index is 0.130. The van der Waals surface area contributed by atoms with E-state index in [0.29, 0.717) is 32.7 Å². The number of aromatic nitrogens is 2. The number of halogens is 2. The zero-order valence-electron chi connectivity index (χ0n) is 10.9. The number of aromatic amines is 1. The van der Waals surface area contributed by atoms with Crippen molar-refractivity contribution in [2.45, 2.75) is 26.7 Å². The number of hydrogen-bond donors (Lipinski definition) is 1. The quantitative estimate of drug-likeness (QED) is 0.904. The van der Waals surface area contributed by atoms with Crippen molar-refractivity contribution < 1.29 is 0 Å². The summed E-state index contributed by atoms with van der Waals surface area (Å²) in [5, 5.41) is 0.867. The molecule has 0 aliphatic heterocycles. The first-order chi connectivity index (χ1) is 8.91. The van der Waals surface area contributed by atoms with Crippen LogP contribution >= 0.6 is 23.2 Å². The van der Waals surface area contributed by atoms with Gasteiger partial charge in [-0.2, -0.15) is 0 Å². The van der Waals surface area contributed by atoms with Crippen LogP contribution in [0.15, 0.2) is 23.0 Å². The average Bonchev–Trinajstić information content (AvgIpc) is 2.36. The first-order valence-electron chi connectivity index (χ1n) is 5.97. The van der Waals surface area contributed by atoms with Crippen LogP contribution in [-0.2, 0) is 0 Å². The van der Waals surface area contributed by atoms with Gasteiger partial charge >= 0.3 is 0 Å². The molecule has 2 rings (SSSR count). The van der Waals surface area contributed by atoms with E-state index in [4.69, 9.17) is 23.2 Å². The normalized spacial score (nSPS) is 11.1. The average molecular weight is 297 g/mol. The first-order valence-corrected chi connectivity index (χ1v) is 6.72. The lowest BCUT2D eigenvalue weighted by molar-refractivity contribution is 0.765. The maximum absolute atomic E-state index is 12.0. The van der Waals surface area contributed by atoms with Crippen LogP contribution in [0.5, 0.6) is 0 Å². The van der Waals surface area contributed by atoms with Crippen molar-refractivity contribution in [2.75, 3.05) is 0 Å². The van der Waals surface area contributed by atoms with Gasteiger partial charge in [0.1, 0.15) is 5.82 Å². The summed E-state index contributed by atoms with van der Waals surface area (Å²) in [6.07, 6.45) is 0. The summed E-state index contributed by atoms with van der Waals surface area (Å²) in [6.45, 7) is 5.66. The lowest BCUT2D eigenvalue weighted by Gasteiger charge is -2.11. The van der Waals surface area contributed by atoms with E-state index in [9.17, 15) is 4.79 Å². The summed E-state index contributed by atoms with van der Waals surface area (Å²) in [5.41, 5.74) is 1.65. The molecular weight excluding hydrogens is 283 g/mol. The predicted octanol–water partition coefficient (Wildman–Crippen LogP) is 4.18. The van der Waals surface area contributed by atoms with Gasteiger partial charge in [0.05, 0.1) is 15.7 Å². The maximum Gasteiger partial charge on any atom is 0.254 e. The molecule has 0 amide bonds. The fourth-order valence-electron chi connectivity index (χ4n) is 1.77. The molecule has 1 heterocycles. The van der Waals surface area contributed by atoms with Gasteiger partial charge in [0.2, 0.25) is 0 Å². The molecule has 0 atom stereocenters. The Hall–Kier alpha value is -1.32. The minimum atomic E-state index is -0.148. The molecule has 1 aromatic heterocycles. The summed E-state index contributed by atoms with van der Waals surface area (Å²) in [6, 6.07) is 5.31. The molecule has 100 valence electrons. The third-order valence-electron chi connectivity index (χ3n) is 2.92. The monoisotopic (exact) mass is 296 g/mol. The Morgan fingerprint density at radius 2 is 1.95 bits per heavy atom. The molecule has 0 radical (unpaired) electrons. The first kappa shape index (κ1) is 14.1. The second-order valence-corrected chi connectivity index (χ2v) is 5.47. The van der Waals surface area contributed by atoms with E-state index in [1.807, 2.05) is 19.9 Å². The highest BCUT2D eigenvalue weighted by Gasteiger charge is 2.15. The van der Waals surface area contributed by atoms with Gasteiger partial charge in [-0.3, -0.25) is 4.79 Å². The van der Waals surface area contributed by atoms with Crippen LogP contribution in [0.25, 0.3) is 11.3 Å². The van der Waals surface area contributed by atoms with E-state index in [2.05, 4.69) is 9.97 Å². The second-order valence-electron chi connectivity index (χ2n) is 4.68. The Balaban J connectivity index is 2.75. The Morgan fingerprint density at radius 3 is 2.58 bits per heavy atom. The standard InChI is InChI=1S/C14H14Cl2N2O/c1-7(2)13-17-12(8(3)14(19)18-13)9-5-4-6-10(15)11(9)16/h4-7H,1-3H3,(H,17,18,19). The predicted molar refractivity (Wildman–Crippen MR) is 79.1 cm³/mol. The number of H-pyrrole nitrogens is 1. The maximum atomic E-state index is 12.0. The van der Waals surface area contributed by atoms with Crippen molar-refractivity contribution in [3.05, 3.63) is 50.0 Å². The Labute approximate surface area is 121 Å². The smallest absolute Gasteiger partial charge is 0.254 e. The van der Waals surface area contributed by atoms with Gasteiger partial charge in [0.15, 0.2) is 0 Å². The number of hydrogen-bond acceptors (Lipinski definition) is 2. The highest BCUT2D eigenvalue weighted by molar-refractivity contribution is 6.43. The molecule has 0 saturated heterocycles. The van der Waals surface area contributed by atoms with E-state index < -0.39 is 0 Å². The lowest BCUT2D eigenvalue weighted by Crippen LogP contribution is -2.17. The van der Waals surface area contributed by atoms with Crippen LogP contribution < -0.4 is 5.56 Å². The van der Waals surface area contributed by atoms with E-state index in [1.165, 1.54) is 0 Å². The molecule has 1 N–H and O–H groups in total. The van der Waals surface area contributed by atoms with Crippen molar-refractivity contribution in [3.63, 3.8) is 0 Å². The van der Waals surface area contributed by atoms with E-state index in [1.54, 1.807) is 19.1 Å². The van der Waals surface area contributed by atoms with E-state index >= 15 is 0 Å². The molecule has 0 aliphatic carbocycles. The topological polar surface area (TPSA) is 45.8 Å². The number of nitrogens with zero attached hydrogens (tertiary/aromatic N) is 1. The molecule has 0 aliphatic rings. The zero-order valence-corrected chi connectivity index (χ0v) is 12.4. The number of rotatable bonds is 2. The molecule has 0 saturated carbocycles. The lowest BCUT2D eigenvalue weighted by atomic mass is 10.1. The van der Waals surface area contributed by atoms with Gasteiger partial charge in [-0.05, 0) is 13.0 Å². The molecule has 0 bridgehead atoms. The van der Waals surface area contributed by atoms with Crippen molar-refractivity contribution in [1.82, 2.24) is 9.97 Å². The fraction of sp³-hybridized carbons (Fsp3) is 0.286. The van der Waals surface area contributed by atoms with Crippen LogP contribution in [0.4, 0.5) is 0 Å². The summed E-state index contributed by atoms with van der Waals surface area (Å²) >= 11 is 12.2. The van der Waals surface area contributed by atoms with Gasteiger partial charge in [-0.1, -0.05) is 49.2 Å². The molecule has 0 spiro atoms. The third-order valence-corrected chi connectivity index (χ3v) is 3.74. The van der Waals surface area contributed by atoms with Crippen molar-refractivity contribution in [3.8, 4) is 11.3 Å². The molecule has 2 aromatic rings. The zero-order chi connectivity index (χ0) is 14.2. The molecule has 3 nitrogen and oxygen atoms in total. The number of benzene rings is 1. The highest BCUT2D eigenvalue weighted by Crippen LogP contribution is 2.33. The molecular formula is C14H14Cl2N2O. The largest absolute Gasteiger partial charge is 0.310 e. The minimum Gasteiger partial charge on any atom is -0.310 e. The van der Waals surface area contributed by atoms with Crippen LogP contribution in [0, 0.1) is 6.92 Å². The van der Waals surface area contributed by atoms with Gasteiger partial charge < -0.3 is 4.98 Å². The Kier molecular flexibility index (Phi) is 3.97. The van der Waals surface area contributed by atoms with Crippen molar-refractivity contribution in [1.29, 1.82) is 0 Å². The van der Waals surface area contributed by atoms with Gasteiger partial charge in [0, 0.05) is 17.0 Å². The highest BCUT2D eigenvalue weighted by atomic mass is 35.5. The SMILES string of the molecule is Cc1c(-c2cccc(Cl)c2Cl)nc(C(C)C)[nH]c1=O. The molecule has 5 heteroatoms. The number of nitrogens with one attached hydrogen (secondary N) is 1. The van der Waals surface area contributed by atoms with Crippen LogP contribution in [0.1, 0.15) is 31.2 Å². The second kappa shape index (κ2) is 5.35. The molecule has 19 heavy (non-hydrogen) atoms. The Bertz CT molecular complexity index is 678. The van der Waals surface area contributed by atoms with Gasteiger partial charge in [-0.15, -0.1) is 0 Å². The van der Waals surface area contributed by atoms with E-state index in [0.717, 1.165) is 0 Å². The van der Waals surface area contributed by atoms with Crippen LogP contribution in [0.2, 0.25) is 10.0 Å². The van der Waals surface area contributed by atoms with Crippen LogP contribution in [0.3, 0.4) is 0 Å². The Morgan fingerprint density at radius 1 is 1.26 bits per heavy atom. The van der Waals surface area contributed by atoms with Crippen molar-refractivity contribution in [2.24, 2.45) is 0 Å². The van der Waals surface area contributed by atoms with Gasteiger partial charge in [-0.25, -0.2) is 4.98 Å². The molecule has 0 unspecified atom stereocenters. The molecule has 1 aromatic carbocycles. The molecule has 0 fully saturated rings. The summed E-state index contributed by atoms with van der Waals surface area (Å²) < 4.78 is 0. The summed E-state index contributed by atoms with van der Waals surface area (Å²) in [5.74, 6) is 0.770. The third kappa shape index (κ3) is 2.67.